The normalized spacial score (nSPS) is 35.4. The van der Waals surface area contributed by atoms with E-state index < -0.39 is 21.0 Å². The summed E-state index contributed by atoms with van der Waals surface area (Å²) in [6.45, 7) is 1.32. The van der Waals surface area contributed by atoms with Crippen molar-refractivity contribution in [1.29, 1.82) is 0 Å². The molecule has 1 aliphatic rings. The minimum absolute atomic E-state index is 1.25. The average Bonchev–Trinajstić information content (AvgIpc) is 1.83. The largest absolute Gasteiger partial charge is 0.384 e. The highest BCUT2D eigenvalue weighted by Gasteiger charge is 2.37. The summed E-state index contributed by atoms with van der Waals surface area (Å²) in [5, 5.41) is 8.22. The maximum atomic E-state index is 10.7. The van der Waals surface area contributed by atoms with Crippen molar-refractivity contribution in [3.05, 3.63) is 24.3 Å². The van der Waals surface area contributed by atoms with Gasteiger partial charge in [-0.2, -0.15) is 8.42 Å². The summed E-state index contributed by atoms with van der Waals surface area (Å²) in [6, 6.07) is 0. The second kappa shape index (κ2) is 2.69. The second-order valence-corrected chi connectivity index (χ2v) is 4.44. The lowest BCUT2D eigenvalue weighted by molar-refractivity contribution is 0.114. The zero-order valence-corrected chi connectivity index (χ0v) is 7.32. The van der Waals surface area contributed by atoms with Crippen LogP contribution >= 0.6 is 0 Å². The molecule has 0 aliphatic heterocycles. The molecule has 0 radical (unpaired) electrons. The van der Waals surface area contributed by atoms with Gasteiger partial charge in [-0.05, 0) is 6.92 Å². The number of aliphatic hydroxyl groups is 1. The molecule has 1 aliphatic carbocycles. The second-order valence-electron chi connectivity index (χ2n) is 2.91. The van der Waals surface area contributed by atoms with Gasteiger partial charge < -0.3 is 5.11 Å². The monoisotopic (exact) mass is 190 g/mol. The van der Waals surface area contributed by atoms with Crippen LogP contribution in [0.25, 0.3) is 0 Å². The summed E-state index contributed by atoms with van der Waals surface area (Å²) in [7, 11) is -4.22. The fraction of sp³-hybridized carbons (Fsp3) is 0.429. The molecule has 12 heavy (non-hydrogen) atoms. The predicted molar refractivity (Wildman–Crippen MR) is 44.2 cm³/mol. The lowest BCUT2D eigenvalue weighted by Gasteiger charge is -2.26. The van der Waals surface area contributed by atoms with E-state index in [-0.39, 0.29) is 0 Å². The van der Waals surface area contributed by atoms with E-state index >= 15 is 0 Å². The van der Waals surface area contributed by atoms with Gasteiger partial charge in [0.25, 0.3) is 10.1 Å². The van der Waals surface area contributed by atoms with Gasteiger partial charge in [0.1, 0.15) is 10.9 Å². The molecule has 0 amide bonds. The zero-order chi connectivity index (χ0) is 9.41. The molecule has 0 saturated heterocycles. The van der Waals surface area contributed by atoms with E-state index in [0.29, 0.717) is 0 Å². The van der Waals surface area contributed by atoms with Crippen LogP contribution in [0.1, 0.15) is 6.92 Å². The Morgan fingerprint density at radius 1 is 1.42 bits per heavy atom. The molecule has 2 N–H and O–H groups in total. The van der Waals surface area contributed by atoms with Crippen molar-refractivity contribution in [2.75, 3.05) is 0 Å². The van der Waals surface area contributed by atoms with Crippen LogP contribution in [0.2, 0.25) is 0 Å². The molecule has 0 aromatic rings. The van der Waals surface area contributed by atoms with Crippen molar-refractivity contribution in [2.45, 2.75) is 17.8 Å². The van der Waals surface area contributed by atoms with Crippen LogP contribution < -0.4 is 0 Å². The SMILES string of the molecule is CC1(O)C=CC=CC1S(=O)(=O)O. The lowest BCUT2D eigenvalue weighted by atomic mass is 9.97. The Hall–Kier alpha value is -0.650. The van der Waals surface area contributed by atoms with Crippen molar-refractivity contribution < 1.29 is 18.1 Å². The molecule has 2 unspecified atom stereocenters. The molecule has 0 fully saturated rings. The van der Waals surface area contributed by atoms with Gasteiger partial charge in [0.15, 0.2) is 0 Å². The van der Waals surface area contributed by atoms with E-state index in [2.05, 4.69) is 0 Å². The molecule has 0 heterocycles. The quantitative estimate of drug-likeness (QED) is 0.576. The van der Waals surface area contributed by atoms with Crippen LogP contribution in [0, 0.1) is 0 Å². The number of allylic oxidation sites excluding steroid dienone is 2. The number of hydrogen-bond acceptors (Lipinski definition) is 3. The van der Waals surface area contributed by atoms with E-state index in [1.165, 1.54) is 31.2 Å². The molecule has 0 saturated carbocycles. The van der Waals surface area contributed by atoms with Crippen molar-refractivity contribution >= 4 is 10.1 Å². The smallest absolute Gasteiger partial charge is 0.274 e. The number of rotatable bonds is 1. The predicted octanol–water partition coefficient (Wildman–Crippen LogP) is 0.120. The van der Waals surface area contributed by atoms with Crippen molar-refractivity contribution in [3.8, 4) is 0 Å². The Morgan fingerprint density at radius 2 is 2.00 bits per heavy atom. The molecule has 0 aromatic carbocycles. The van der Waals surface area contributed by atoms with Crippen LogP contribution in [0.15, 0.2) is 24.3 Å². The first-order valence-electron chi connectivity index (χ1n) is 3.39. The molecule has 2 atom stereocenters. The van der Waals surface area contributed by atoms with Crippen LogP contribution in [-0.4, -0.2) is 28.9 Å². The first kappa shape index (κ1) is 9.44. The van der Waals surface area contributed by atoms with Gasteiger partial charge in [0.05, 0.1) is 0 Å². The Labute approximate surface area is 71.0 Å². The topological polar surface area (TPSA) is 74.6 Å². The minimum Gasteiger partial charge on any atom is -0.384 e. The van der Waals surface area contributed by atoms with E-state index in [1.807, 2.05) is 0 Å². The Balaban J connectivity index is 3.08. The van der Waals surface area contributed by atoms with Gasteiger partial charge in [-0.1, -0.05) is 24.3 Å². The van der Waals surface area contributed by atoms with E-state index in [9.17, 15) is 13.5 Å². The number of hydrogen-bond donors (Lipinski definition) is 2. The van der Waals surface area contributed by atoms with E-state index in [4.69, 9.17) is 4.55 Å². The molecule has 4 nitrogen and oxygen atoms in total. The highest BCUT2D eigenvalue weighted by atomic mass is 32.2. The Kier molecular flexibility index (Phi) is 2.11. The van der Waals surface area contributed by atoms with Gasteiger partial charge in [-0.15, -0.1) is 0 Å². The first-order valence-corrected chi connectivity index (χ1v) is 4.89. The fourth-order valence-corrected chi connectivity index (χ4v) is 2.08. The molecule has 0 aromatic heterocycles. The first-order chi connectivity index (χ1) is 5.34. The highest BCUT2D eigenvalue weighted by Crippen LogP contribution is 2.22. The molecule has 0 bridgehead atoms. The maximum absolute atomic E-state index is 10.7. The van der Waals surface area contributed by atoms with Crippen LogP contribution in [0.3, 0.4) is 0 Å². The highest BCUT2D eigenvalue weighted by molar-refractivity contribution is 7.86. The zero-order valence-electron chi connectivity index (χ0n) is 6.51. The summed E-state index contributed by atoms with van der Waals surface area (Å²) in [4.78, 5) is 0. The van der Waals surface area contributed by atoms with E-state index in [0.717, 1.165) is 0 Å². The molecule has 0 spiro atoms. The van der Waals surface area contributed by atoms with Crippen LogP contribution in [0.4, 0.5) is 0 Å². The van der Waals surface area contributed by atoms with Gasteiger partial charge in [-0.3, -0.25) is 4.55 Å². The minimum atomic E-state index is -4.22. The summed E-state index contributed by atoms with van der Waals surface area (Å²) in [5.74, 6) is 0. The van der Waals surface area contributed by atoms with Gasteiger partial charge in [0, 0.05) is 0 Å². The van der Waals surface area contributed by atoms with Gasteiger partial charge >= 0.3 is 0 Å². The van der Waals surface area contributed by atoms with E-state index in [1.54, 1.807) is 0 Å². The third-order valence-electron chi connectivity index (χ3n) is 1.73. The summed E-state index contributed by atoms with van der Waals surface area (Å²) in [5.41, 5.74) is -1.53. The molecule has 68 valence electrons. The maximum Gasteiger partial charge on any atom is 0.274 e. The van der Waals surface area contributed by atoms with Crippen molar-refractivity contribution in [3.63, 3.8) is 0 Å². The molecular formula is C7H10O4S. The van der Waals surface area contributed by atoms with Crippen LogP contribution in [0.5, 0.6) is 0 Å². The van der Waals surface area contributed by atoms with Crippen molar-refractivity contribution in [1.82, 2.24) is 0 Å². The van der Waals surface area contributed by atoms with Crippen LogP contribution in [-0.2, 0) is 10.1 Å². The lowest BCUT2D eigenvalue weighted by Crippen LogP contribution is -2.42. The average molecular weight is 190 g/mol. The third-order valence-corrected chi connectivity index (χ3v) is 3.00. The summed E-state index contributed by atoms with van der Waals surface area (Å²) < 4.78 is 30.1. The standard InChI is InChI=1S/C7H10O4S/c1-7(8)5-3-2-4-6(7)12(9,10)11/h2-6,8H,1H3,(H,9,10,11). The van der Waals surface area contributed by atoms with Crippen molar-refractivity contribution in [2.24, 2.45) is 0 Å². The third kappa shape index (κ3) is 1.74. The van der Waals surface area contributed by atoms with Gasteiger partial charge in [0.2, 0.25) is 0 Å². The summed E-state index contributed by atoms with van der Waals surface area (Å²) in [6.07, 6.45) is 5.57. The summed E-state index contributed by atoms with van der Waals surface area (Å²) >= 11 is 0. The van der Waals surface area contributed by atoms with Gasteiger partial charge in [-0.25, -0.2) is 0 Å². The Bertz CT molecular complexity index is 323. The Morgan fingerprint density at radius 3 is 2.33 bits per heavy atom. The molecule has 5 heteroatoms. The molecule has 1 rings (SSSR count). The molecular weight excluding hydrogens is 180 g/mol. The fourth-order valence-electron chi connectivity index (χ4n) is 1.11.